The highest BCUT2D eigenvalue weighted by molar-refractivity contribution is 5.91. The van der Waals surface area contributed by atoms with E-state index in [1.807, 2.05) is 0 Å². The number of hydrogen-bond acceptors (Lipinski definition) is 14. The van der Waals surface area contributed by atoms with E-state index in [2.05, 4.69) is 35.2 Å². The van der Waals surface area contributed by atoms with Crippen LogP contribution >= 0.6 is 0 Å². The van der Waals surface area contributed by atoms with E-state index in [-0.39, 0.29) is 72.1 Å². The first kappa shape index (κ1) is 30.2. The molecule has 2 aliphatic rings. The molecule has 19 heteroatoms. The second-order valence-corrected chi connectivity index (χ2v) is 10.4. The van der Waals surface area contributed by atoms with E-state index >= 15 is 0 Å². The maximum Gasteiger partial charge on any atom is 0.280 e. The Morgan fingerprint density at radius 2 is 1.44 bits per heavy atom. The fourth-order valence-corrected chi connectivity index (χ4v) is 4.71. The quantitative estimate of drug-likeness (QED) is 0.115. The number of anilines is 2. The van der Waals surface area contributed by atoms with Gasteiger partial charge in [-0.3, -0.25) is 38.8 Å². The Hall–Kier alpha value is -4.27. The zero-order valence-corrected chi connectivity index (χ0v) is 23.1. The third-order valence-electron chi connectivity index (χ3n) is 7.04. The number of nitrogens with one attached hydrogen (secondary N) is 3. The van der Waals surface area contributed by atoms with Crippen molar-refractivity contribution in [3.8, 4) is 0 Å². The summed E-state index contributed by atoms with van der Waals surface area (Å²) in [5.41, 5.74) is 5.34. The number of nitrogens with two attached hydrogens (primary N) is 1. The average Bonchev–Trinajstić information content (AvgIpc) is 3.73. The summed E-state index contributed by atoms with van der Waals surface area (Å²) in [6.07, 6.45) is -0.774. The van der Waals surface area contributed by atoms with Gasteiger partial charge in [0.05, 0.1) is 38.1 Å². The molecule has 0 spiro atoms. The van der Waals surface area contributed by atoms with Crippen LogP contribution in [-0.4, -0.2) is 103 Å². The zero-order valence-electron chi connectivity index (χ0n) is 23.1. The predicted molar refractivity (Wildman–Crippen MR) is 147 cm³/mol. The van der Waals surface area contributed by atoms with Crippen molar-refractivity contribution in [3.63, 3.8) is 0 Å². The predicted octanol–water partition coefficient (Wildman–Crippen LogP) is -2.30. The van der Waals surface area contributed by atoms with E-state index in [1.54, 1.807) is 13.8 Å². The minimum Gasteiger partial charge on any atom is -0.394 e. The minimum absolute atomic E-state index is 0.0171. The van der Waals surface area contributed by atoms with E-state index < -0.39 is 48.0 Å². The molecule has 6 atom stereocenters. The lowest BCUT2D eigenvalue weighted by Crippen LogP contribution is -2.24. The number of fused-ring (bicyclic) bond motifs is 2. The number of hydrogen-bond donors (Lipinski definition) is 8. The summed E-state index contributed by atoms with van der Waals surface area (Å²) in [5, 5.41) is 40.3. The van der Waals surface area contributed by atoms with Crippen LogP contribution in [0.25, 0.3) is 22.3 Å². The van der Waals surface area contributed by atoms with Crippen molar-refractivity contribution < 1.29 is 34.7 Å². The van der Waals surface area contributed by atoms with Gasteiger partial charge < -0.3 is 35.6 Å². The number of aromatic nitrogens is 8. The maximum atomic E-state index is 12.1. The molecule has 19 nitrogen and oxygen atoms in total. The van der Waals surface area contributed by atoms with Gasteiger partial charge in [-0.2, -0.15) is 9.97 Å². The summed E-state index contributed by atoms with van der Waals surface area (Å²) in [6.45, 7) is 2.85. The Labute approximate surface area is 241 Å². The number of aromatic amines is 2. The molecule has 0 saturated carbocycles. The number of carbonyl (C=O) groups excluding carboxylic acids is 1. The summed E-state index contributed by atoms with van der Waals surface area (Å²) < 4.78 is 14.1. The van der Waals surface area contributed by atoms with Crippen LogP contribution in [0.1, 0.15) is 39.1 Å². The molecule has 2 fully saturated rings. The molecule has 6 heterocycles. The van der Waals surface area contributed by atoms with Crippen molar-refractivity contribution in [1.82, 2.24) is 39.0 Å². The summed E-state index contributed by atoms with van der Waals surface area (Å²) in [4.78, 5) is 56.6. The summed E-state index contributed by atoms with van der Waals surface area (Å²) in [5.74, 6) is -0.548. The van der Waals surface area contributed by atoms with Crippen LogP contribution in [0.15, 0.2) is 22.2 Å². The molecule has 2 aliphatic heterocycles. The Morgan fingerprint density at radius 1 is 0.953 bits per heavy atom. The lowest BCUT2D eigenvalue weighted by molar-refractivity contribution is -0.118. The number of aliphatic hydroxyl groups is 4. The van der Waals surface area contributed by atoms with E-state index in [4.69, 9.17) is 20.3 Å². The highest BCUT2D eigenvalue weighted by atomic mass is 16.5. The molecule has 0 radical (unpaired) electrons. The number of rotatable bonds is 6. The number of imidazole rings is 2. The topological polar surface area (TPSA) is 282 Å². The normalized spacial score (nSPS) is 25.4. The molecule has 4 aromatic rings. The average molecular weight is 605 g/mol. The van der Waals surface area contributed by atoms with Crippen LogP contribution in [-0.2, 0) is 14.3 Å². The molecule has 9 N–H and O–H groups in total. The molecule has 2 saturated heterocycles. The van der Waals surface area contributed by atoms with E-state index in [9.17, 15) is 29.7 Å². The lowest BCUT2D eigenvalue weighted by Gasteiger charge is -2.14. The van der Waals surface area contributed by atoms with Gasteiger partial charge in [-0.05, 0) is 0 Å². The Bertz CT molecular complexity index is 1730. The molecule has 3 unspecified atom stereocenters. The molecule has 0 aliphatic carbocycles. The van der Waals surface area contributed by atoms with Gasteiger partial charge in [-0.1, -0.05) is 13.8 Å². The van der Waals surface area contributed by atoms with Crippen LogP contribution in [0.3, 0.4) is 0 Å². The Kier molecular flexibility index (Phi) is 8.53. The first-order chi connectivity index (χ1) is 20.5. The number of H-pyrrole nitrogens is 2. The van der Waals surface area contributed by atoms with Crippen molar-refractivity contribution >= 4 is 40.1 Å². The summed E-state index contributed by atoms with van der Waals surface area (Å²) in [7, 11) is 0. The minimum atomic E-state index is -0.820. The fourth-order valence-electron chi connectivity index (χ4n) is 4.71. The monoisotopic (exact) mass is 604 g/mol. The molecule has 4 aromatic heterocycles. The van der Waals surface area contributed by atoms with Gasteiger partial charge in [0.15, 0.2) is 22.3 Å². The summed E-state index contributed by atoms with van der Waals surface area (Å²) in [6, 6.07) is 0. The first-order valence-electron chi connectivity index (χ1n) is 13.4. The third kappa shape index (κ3) is 5.98. The van der Waals surface area contributed by atoms with Crippen LogP contribution in [0.4, 0.5) is 11.9 Å². The highest BCUT2D eigenvalue weighted by Crippen LogP contribution is 2.31. The highest BCUT2D eigenvalue weighted by Gasteiger charge is 2.36. The number of carbonyl (C=O) groups is 1. The number of aliphatic hydroxyl groups excluding tert-OH is 4. The van der Waals surface area contributed by atoms with Crippen LogP contribution in [0.5, 0.6) is 0 Å². The van der Waals surface area contributed by atoms with Gasteiger partial charge in [0.2, 0.25) is 17.8 Å². The third-order valence-corrected chi connectivity index (χ3v) is 7.04. The number of ether oxygens (including phenoxy) is 2. The second kappa shape index (κ2) is 12.1. The first-order valence-corrected chi connectivity index (χ1v) is 13.4. The van der Waals surface area contributed by atoms with Crippen molar-refractivity contribution in [2.75, 3.05) is 24.3 Å². The zero-order chi connectivity index (χ0) is 31.0. The van der Waals surface area contributed by atoms with Gasteiger partial charge in [-0.15, -0.1) is 0 Å². The van der Waals surface area contributed by atoms with Crippen LogP contribution in [0.2, 0.25) is 0 Å². The Balaban J connectivity index is 0.000000176. The molecule has 1 amide bonds. The molecule has 6 rings (SSSR count). The smallest absolute Gasteiger partial charge is 0.280 e. The maximum absolute atomic E-state index is 12.1. The van der Waals surface area contributed by atoms with Crippen LogP contribution in [0, 0.1) is 5.92 Å². The van der Waals surface area contributed by atoms with Crippen molar-refractivity contribution in [2.45, 2.75) is 63.6 Å². The van der Waals surface area contributed by atoms with Gasteiger partial charge in [0.25, 0.3) is 11.1 Å². The molecular formula is C24H32N10O9. The van der Waals surface area contributed by atoms with Crippen molar-refractivity contribution in [1.29, 1.82) is 0 Å². The summed E-state index contributed by atoms with van der Waals surface area (Å²) >= 11 is 0. The number of amides is 1. The lowest BCUT2D eigenvalue weighted by atomic mass is 10.2. The van der Waals surface area contributed by atoms with Gasteiger partial charge in [0.1, 0.15) is 24.7 Å². The van der Waals surface area contributed by atoms with Gasteiger partial charge in [-0.25, -0.2) is 9.97 Å². The number of nitrogen functional groups attached to an aromatic ring is 1. The van der Waals surface area contributed by atoms with Gasteiger partial charge in [0, 0.05) is 18.8 Å². The largest absolute Gasteiger partial charge is 0.394 e. The fraction of sp³-hybridized carbons (Fsp3) is 0.542. The van der Waals surface area contributed by atoms with Crippen molar-refractivity contribution in [2.24, 2.45) is 5.92 Å². The van der Waals surface area contributed by atoms with E-state index in [0.29, 0.717) is 0 Å². The van der Waals surface area contributed by atoms with Crippen LogP contribution < -0.4 is 22.2 Å². The SMILES string of the molecule is CC(C)C(=O)Nc1nc2c(ncn2C2C[C@@H](O)[C@@H](CO)O2)c(=O)[nH]1.Nc1nc2c(ncn2C2C[C@@H](O)C(CO)O2)c(=O)[nH]1. The van der Waals surface area contributed by atoms with E-state index in [0.717, 1.165) is 0 Å². The van der Waals surface area contributed by atoms with E-state index in [1.165, 1.54) is 21.8 Å². The molecule has 232 valence electrons. The standard InChI is InChI=1S/C14H19N5O5.C10H13N5O4/c1-6(2)12(22)17-14-16-11-10(13(23)18-14)15-5-19(11)9-3-7(21)8(4-20)24-9;11-10-13-8-7(9(18)14-10)12-3-15(8)6-1-4(17)5(2-16)19-6/h5-9,20-21H,3-4H2,1-2H3,(H2,16,17,18,22,23);3-6,16-17H,1-2H2,(H3,11,13,14,18)/t7-,8-,9?;4-,5?,6?/m11/s1. The van der Waals surface area contributed by atoms with Gasteiger partial charge >= 0.3 is 0 Å². The molecule has 0 aromatic carbocycles. The number of nitrogens with zero attached hydrogens (tertiary/aromatic N) is 6. The molecule has 43 heavy (non-hydrogen) atoms. The Morgan fingerprint density at radius 3 is 1.91 bits per heavy atom. The molecular weight excluding hydrogens is 572 g/mol. The van der Waals surface area contributed by atoms with Crippen molar-refractivity contribution in [3.05, 3.63) is 33.4 Å². The molecule has 0 bridgehead atoms. The second-order valence-electron chi connectivity index (χ2n) is 10.4.